The third-order valence-electron chi connectivity index (χ3n) is 13.3. The Labute approximate surface area is 376 Å². The zero-order chi connectivity index (χ0) is 43.8. The van der Waals surface area contributed by atoms with E-state index in [1.54, 1.807) is 0 Å². The average molecular weight is 817 g/mol. The molecular weight excluding hydrogens is 759 g/mol. The van der Waals surface area contributed by atoms with Crippen molar-refractivity contribution in [2.24, 2.45) is 0 Å². The van der Waals surface area contributed by atoms with Gasteiger partial charge in [-0.1, -0.05) is 202 Å². The van der Waals surface area contributed by atoms with Gasteiger partial charge < -0.3 is 9.80 Å². The van der Waals surface area contributed by atoms with Crippen molar-refractivity contribution in [1.82, 2.24) is 0 Å². The monoisotopic (exact) mass is 816 g/mol. The Morgan fingerprint density at radius 2 is 0.746 bits per heavy atom. The summed E-state index contributed by atoms with van der Waals surface area (Å²) < 4.78 is 0. The highest BCUT2D eigenvalue weighted by Crippen LogP contribution is 2.49. The first-order chi connectivity index (χ1) is 30.1. The van der Waals surface area contributed by atoms with E-state index in [9.17, 15) is 0 Å². The molecule has 0 fully saturated rings. The van der Waals surface area contributed by atoms with Crippen LogP contribution in [0.15, 0.2) is 182 Å². The van der Waals surface area contributed by atoms with Crippen molar-refractivity contribution >= 4 is 57.2 Å². The molecular formula is C60H57BN2. The van der Waals surface area contributed by atoms with Crippen molar-refractivity contribution in [3.63, 3.8) is 0 Å². The second-order valence-electron chi connectivity index (χ2n) is 20.7. The van der Waals surface area contributed by atoms with Gasteiger partial charge in [0.05, 0.1) is 5.69 Å². The minimum atomic E-state index is -0.0354. The van der Waals surface area contributed by atoms with E-state index in [2.05, 4.69) is 254 Å². The number of anilines is 6. The van der Waals surface area contributed by atoms with Gasteiger partial charge in [0.1, 0.15) is 0 Å². The van der Waals surface area contributed by atoms with E-state index in [0.717, 1.165) is 5.69 Å². The van der Waals surface area contributed by atoms with Gasteiger partial charge in [-0.25, -0.2) is 0 Å². The highest BCUT2D eigenvalue weighted by atomic mass is 15.2. The number of benzene rings is 8. The molecule has 0 unspecified atom stereocenters. The Morgan fingerprint density at radius 3 is 1.29 bits per heavy atom. The standard InChI is InChI=1S/C60H57BN2/c1-58(2,3)45-28-32-48(33-29-45)62-53-34-30-46(59(4,5)6)38-50(53)61-51-39-47(60(7,8)9)31-35-54(51)63(52-23-17-16-22-49(52)43-20-14-11-15-21-43)56-37-44(36-55(62)57(56)61)42-26-24-41(25-27-42)40-18-12-10-13-19-40/h10-39H,1-9H3. The normalized spacial score (nSPS) is 13.4. The van der Waals surface area contributed by atoms with Crippen LogP contribution in [0.4, 0.5) is 34.1 Å². The zero-order valence-electron chi connectivity index (χ0n) is 38.3. The Bertz CT molecular complexity index is 2980. The molecule has 0 spiro atoms. The predicted molar refractivity (Wildman–Crippen MR) is 273 cm³/mol. The molecule has 2 aliphatic rings. The molecule has 0 amide bonds. The van der Waals surface area contributed by atoms with E-state index in [-0.39, 0.29) is 23.0 Å². The molecule has 0 atom stereocenters. The highest BCUT2D eigenvalue weighted by Gasteiger charge is 2.45. The van der Waals surface area contributed by atoms with Crippen molar-refractivity contribution in [3.8, 4) is 33.4 Å². The van der Waals surface area contributed by atoms with Gasteiger partial charge in [-0.15, -0.1) is 0 Å². The summed E-state index contributed by atoms with van der Waals surface area (Å²) in [6.45, 7) is 20.9. The molecule has 0 saturated carbocycles. The first-order valence-corrected chi connectivity index (χ1v) is 22.6. The summed E-state index contributed by atoms with van der Waals surface area (Å²) in [5, 5.41) is 0. The van der Waals surface area contributed by atoms with Gasteiger partial charge in [-0.05, 0) is 120 Å². The Kier molecular flexibility index (Phi) is 9.68. The van der Waals surface area contributed by atoms with Crippen LogP contribution in [0.2, 0.25) is 0 Å². The summed E-state index contributed by atoms with van der Waals surface area (Å²) in [4.78, 5) is 5.14. The lowest BCUT2D eigenvalue weighted by Crippen LogP contribution is -2.61. The highest BCUT2D eigenvalue weighted by molar-refractivity contribution is 7.00. The van der Waals surface area contributed by atoms with E-state index in [1.807, 2.05) is 0 Å². The van der Waals surface area contributed by atoms with Crippen LogP contribution in [0.1, 0.15) is 79.0 Å². The van der Waals surface area contributed by atoms with Crippen molar-refractivity contribution in [1.29, 1.82) is 0 Å². The first-order valence-electron chi connectivity index (χ1n) is 22.6. The molecule has 63 heavy (non-hydrogen) atoms. The van der Waals surface area contributed by atoms with Gasteiger partial charge in [-0.3, -0.25) is 0 Å². The van der Waals surface area contributed by atoms with Crippen LogP contribution in [-0.4, -0.2) is 6.71 Å². The van der Waals surface area contributed by atoms with E-state index in [1.165, 1.54) is 94.9 Å². The van der Waals surface area contributed by atoms with E-state index in [0.29, 0.717) is 0 Å². The fourth-order valence-corrected chi connectivity index (χ4v) is 9.77. The van der Waals surface area contributed by atoms with Crippen molar-refractivity contribution in [2.75, 3.05) is 9.80 Å². The summed E-state index contributed by atoms with van der Waals surface area (Å²) in [6, 6.07) is 68.6. The quantitative estimate of drug-likeness (QED) is 0.160. The van der Waals surface area contributed by atoms with Crippen LogP contribution in [-0.2, 0) is 16.2 Å². The van der Waals surface area contributed by atoms with Crippen LogP contribution >= 0.6 is 0 Å². The molecule has 0 N–H and O–H groups in total. The van der Waals surface area contributed by atoms with Gasteiger partial charge >= 0.3 is 0 Å². The van der Waals surface area contributed by atoms with E-state index >= 15 is 0 Å². The third-order valence-corrected chi connectivity index (χ3v) is 13.3. The number of hydrogen-bond donors (Lipinski definition) is 0. The van der Waals surface area contributed by atoms with Gasteiger partial charge in [0.15, 0.2) is 0 Å². The molecule has 8 aromatic carbocycles. The van der Waals surface area contributed by atoms with Crippen LogP contribution < -0.4 is 26.2 Å². The van der Waals surface area contributed by atoms with Crippen LogP contribution in [0.5, 0.6) is 0 Å². The van der Waals surface area contributed by atoms with Crippen molar-refractivity contribution in [2.45, 2.75) is 78.6 Å². The minimum absolute atomic E-state index is 0.00402. The molecule has 0 aliphatic carbocycles. The molecule has 3 heteroatoms. The second-order valence-corrected chi connectivity index (χ2v) is 20.7. The Balaban J connectivity index is 1.32. The SMILES string of the molecule is CC(C)(C)c1ccc(N2c3ccc(C(C)(C)C)cc3B3c4cc(C(C)(C)C)ccc4N(c4ccccc4-c4ccccc4)c4cc(-c5ccc(-c6ccccc6)cc5)cc2c43)cc1. The van der Waals surface area contributed by atoms with Gasteiger partial charge in [-0.2, -0.15) is 0 Å². The Morgan fingerprint density at radius 1 is 0.317 bits per heavy atom. The lowest BCUT2D eigenvalue weighted by Gasteiger charge is -2.45. The lowest BCUT2D eigenvalue weighted by molar-refractivity contribution is 0.590. The fourth-order valence-electron chi connectivity index (χ4n) is 9.77. The van der Waals surface area contributed by atoms with Crippen LogP contribution in [0, 0.1) is 0 Å². The minimum Gasteiger partial charge on any atom is -0.311 e. The summed E-state index contributed by atoms with van der Waals surface area (Å²) in [5.41, 5.74) is 22.4. The molecule has 0 bridgehead atoms. The second kappa shape index (κ2) is 15.1. The topological polar surface area (TPSA) is 6.48 Å². The largest absolute Gasteiger partial charge is 0.311 e. The molecule has 0 saturated heterocycles. The fraction of sp³-hybridized carbons (Fsp3) is 0.200. The van der Waals surface area contributed by atoms with E-state index < -0.39 is 0 Å². The zero-order valence-corrected chi connectivity index (χ0v) is 38.3. The molecule has 0 aromatic heterocycles. The maximum absolute atomic E-state index is 2.58. The average Bonchev–Trinajstić information content (AvgIpc) is 3.28. The maximum atomic E-state index is 2.58. The number of hydrogen-bond acceptors (Lipinski definition) is 2. The molecule has 10 rings (SSSR count). The number of fused-ring (bicyclic) bond motifs is 4. The van der Waals surface area contributed by atoms with Crippen molar-refractivity contribution in [3.05, 3.63) is 199 Å². The molecule has 2 heterocycles. The number of rotatable bonds is 5. The predicted octanol–water partition coefficient (Wildman–Crippen LogP) is 14.7. The summed E-state index contributed by atoms with van der Waals surface area (Å²) in [7, 11) is 0. The van der Waals surface area contributed by atoms with Gasteiger partial charge in [0, 0.05) is 34.0 Å². The smallest absolute Gasteiger partial charge is 0.252 e. The van der Waals surface area contributed by atoms with E-state index in [4.69, 9.17) is 0 Å². The molecule has 310 valence electrons. The van der Waals surface area contributed by atoms with Crippen LogP contribution in [0.25, 0.3) is 33.4 Å². The molecule has 2 aliphatic heterocycles. The van der Waals surface area contributed by atoms with Crippen molar-refractivity contribution < 1.29 is 0 Å². The van der Waals surface area contributed by atoms with Crippen LogP contribution in [0.3, 0.4) is 0 Å². The third kappa shape index (κ3) is 7.18. The number of para-hydroxylation sites is 1. The molecule has 0 radical (unpaired) electrons. The Hall–Kier alpha value is -6.58. The summed E-state index contributed by atoms with van der Waals surface area (Å²) in [6.07, 6.45) is 0. The number of nitrogens with zero attached hydrogens (tertiary/aromatic N) is 2. The molecule has 2 nitrogen and oxygen atoms in total. The van der Waals surface area contributed by atoms with Gasteiger partial charge in [0.2, 0.25) is 0 Å². The summed E-state index contributed by atoms with van der Waals surface area (Å²) in [5.74, 6) is 0. The summed E-state index contributed by atoms with van der Waals surface area (Å²) >= 11 is 0. The van der Waals surface area contributed by atoms with Gasteiger partial charge in [0.25, 0.3) is 6.71 Å². The lowest BCUT2D eigenvalue weighted by atomic mass is 9.33. The molecule has 8 aromatic rings. The first kappa shape index (κ1) is 40.5. The maximum Gasteiger partial charge on any atom is 0.252 e.